The third-order valence-corrected chi connectivity index (χ3v) is 7.82. The molecule has 0 unspecified atom stereocenters. The summed E-state index contributed by atoms with van der Waals surface area (Å²) in [5, 5.41) is 3.74. The Labute approximate surface area is 160 Å². The second-order valence-corrected chi connectivity index (χ2v) is 9.25. The van der Waals surface area contributed by atoms with Crippen LogP contribution in [0.3, 0.4) is 0 Å². The molecule has 0 atom stereocenters. The monoisotopic (exact) mass is 406 g/mol. The smallest absolute Gasteiger partial charge is 0.244 e. The third-order valence-electron chi connectivity index (χ3n) is 5.07. The Morgan fingerprint density at radius 1 is 1.04 bits per heavy atom. The molecule has 1 amide bonds. The third kappa shape index (κ3) is 3.82. The van der Waals surface area contributed by atoms with Crippen LogP contribution in [0.25, 0.3) is 0 Å². The molecular formula is C17H24Cl2N2O3S. The van der Waals surface area contributed by atoms with Gasteiger partial charge in [0.25, 0.3) is 0 Å². The van der Waals surface area contributed by atoms with Crippen molar-refractivity contribution < 1.29 is 13.2 Å². The van der Waals surface area contributed by atoms with Crippen molar-refractivity contribution in [1.82, 2.24) is 10.2 Å². The molecular weight excluding hydrogens is 383 g/mol. The van der Waals surface area contributed by atoms with E-state index < -0.39 is 14.6 Å². The minimum Gasteiger partial charge on any atom is -0.340 e. The van der Waals surface area contributed by atoms with Crippen LogP contribution < -0.4 is 5.32 Å². The summed E-state index contributed by atoms with van der Waals surface area (Å²) in [5.41, 5.74) is 0. The summed E-state index contributed by atoms with van der Waals surface area (Å²) in [5.74, 6) is -0.223. The number of halogens is 2. The van der Waals surface area contributed by atoms with Gasteiger partial charge in [-0.25, -0.2) is 8.42 Å². The van der Waals surface area contributed by atoms with Crippen LogP contribution in [0.15, 0.2) is 29.2 Å². The topological polar surface area (TPSA) is 66.5 Å². The van der Waals surface area contributed by atoms with Crippen LogP contribution >= 0.6 is 24.0 Å². The Morgan fingerprint density at radius 3 is 2.32 bits per heavy atom. The van der Waals surface area contributed by atoms with Crippen molar-refractivity contribution in [3.05, 3.63) is 29.3 Å². The molecule has 1 aliphatic carbocycles. The number of nitrogens with one attached hydrogen (secondary N) is 1. The van der Waals surface area contributed by atoms with E-state index >= 15 is 0 Å². The quantitative estimate of drug-likeness (QED) is 0.837. The van der Waals surface area contributed by atoms with Crippen LogP contribution in [0, 0.1) is 0 Å². The standard InChI is InChI=1S/C17H23ClN2O3S.ClH/c18-14-4-6-15(7-5-14)24(22,23)17(8-1-2-9-17)16(21)20-12-3-10-19-11-13-20;/h4-7,19H,1-3,8-13H2;1H. The summed E-state index contributed by atoms with van der Waals surface area (Å²) in [6.07, 6.45) is 3.19. The molecule has 1 saturated carbocycles. The zero-order valence-corrected chi connectivity index (χ0v) is 16.4. The number of nitrogens with zero attached hydrogens (tertiary/aromatic N) is 1. The summed E-state index contributed by atoms with van der Waals surface area (Å²) in [7, 11) is -3.75. The number of hydrogen-bond acceptors (Lipinski definition) is 4. The average Bonchev–Trinajstić information content (AvgIpc) is 2.93. The van der Waals surface area contributed by atoms with Gasteiger partial charge in [-0.1, -0.05) is 24.4 Å². The van der Waals surface area contributed by atoms with Gasteiger partial charge in [-0.05, 0) is 50.1 Å². The van der Waals surface area contributed by atoms with Gasteiger partial charge < -0.3 is 10.2 Å². The highest BCUT2D eigenvalue weighted by molar-refractivity contribution is 7.93. The molecule has 1 heterocycles. The molecule has 1 aliphatic heterocycles. The average molecular weight is 407 g/mol. The highest BCUT2D eigenvalue weighted by Gasteiger charge is 2.54. The maximum Gasteiger partial charge on any atom is 0.244 e. The summed E-state index contributed by atoms with van der Waals surface area (Å²) < 4.78 is 25.3. The van der Waals surface area contributed by atoms with Gasteiger partial charge in [-0.2, -0.15) is 0 Å². The fourth-order valence-electron chi connectivity index (χ4n) is 3.72. The molecule has 140 valence electrons. The van der Waals surface area contributed by atoms with Gasteiger partial charge in [-0.3, -0.25) is 4.79 Å². The first-order chi connectivity index (χ1) is 11.5. The maximum atomic E-state index is 13.3. The molecule has 0 spiro atoms. The van der Waals surface area contributed by atoms with Gasteiger partial charge in [0.2, 0.25) is 5.91 Å². The van der Waals surface area contributed by atoms with Gasteiger partial charge in [0, 0.05) is 24.7 Å². The number of amides is 1. The zero-order chi connectivity index (χ0) is 17.2. The number of benzene rings is 1. The molecule has 2 aliphatic rings. The Hall–Kier alpha value is -0.820. The van der Waals surface area contributed by atoms with E-state index in [9.17, 15) is 13.2 Å². The van der Waals surface area contributed by atoms with Crippen LogP contribution in [0.5, 0.6) is 0 Å². The first-order valence-electron chi connectivity index (χ1n) is 8.48. The van der Waals surface area contributed by atoms with E-state index in [1.807, 2.05) is 0 Å². The predicted molar refractivity (Wildman–Crippen MR) is 101 cm³/mol. The Balaban J connectivity index is 0.00000225. The van der Waals surface area contributed by atoms with E-state index in [1.54, 1.807) is 17.0 Å². The first kappa shape index (κ1) is 20.5. The molecule has 25 heavy (non-hydrogen) atoms. The number of hydrogen-bond donors (Lipinski definition) is 1. The molecule has 3 rings (SSSR count). The van der Waals surface area contributed by atoms with Crippen LogP contribution in [-0.2, 0) is 14.6 Å². The van der Waals surface area contributed by atoms with Crippen LogP contribution in [0.2, 0.25) is 5.02 Å². The van der Waals surface area contributed by atoms with Crippen LogP contribution in [0.4, 0.5) is 0 Å². The largest absolute Gasteiger partial charge is 0.340 e. The molecule has 5 nitrogen and oxygen atoms in total. The Morgan fingerprint density at radius 2 is 1.68 bits per heavy atom. The van der Waals surface area contributed by atoms with E-state index in [-0.39, 0.29) is 23.2 Å². The van der Waals surface area contributed by atoms with Crippen LogP contribution in [0.1, 0.15) is 32.1 Å². The lowest BCUT2D eigenvalue weighted by molar-refractivity contribution is -0.133. The lowest BCUT2D eigenvalue weighted by Crippen LogP contribution is -2.53. The molecule has 1 aromatic carbocycles. The van der Waals surface area contributed by atoms with Gasteiger partial charge in [0.1, 0.15) is 0 Å². The molecule has 1 saturated heterocycles. The van der Waals surface area contributed by atoms with Gasteiger partial charge in [-0.15, -0.1) is 12.4 Å². The minimum atomic E-state index is -3.75. The number of sulfone groups is 1. The second kappa shape index (κ2) is 8.25. The van der Waals surface area contributed by atoms with Gasteiger partial charge >= 0.3 is 0 Å². The Bertz CT molecular complexity index is 693. The molecule has 2 fully saturated rings. The second-order valence-electron chi connectivity index (χ2n) is 6.55. The van der Waals surface area contributed by atoms with Crippen molar-refractivity contribution in [2.24, 2.45) is 0 Å². The molecule has 8 heteroatoms. The van der Waals surface area contributed by atoms with E-state index in [2.05, 4.69) is 5.32 Å². The summed E-state index contributed by atoms with van der Waals surface area (Å²) >= 11 is 5.88. The van der Waals surface area contributed by atoms with Crippen molar-refractivity contribution >= 4 is 39.8 Å². The molecule has 0 radical (unpaired) electrons. The summed E-state index contributed by atoms with van der Waals surface area (Å²) in [4.78, 5) is 15.2. The van der Waals surface area contributed by atoms with E-state index in [1.165, 1.54) is 12.1 Å². The lowest BCUT2D eigenvalue weighted by atomic mass is 10.1. The molecule has 1 aromatic rings. The van der Waals surface area contributed by atoms with Gasteiger partial charge in [0.05, 0.1) is 4.90 Å². The van der Waals surface area contributed by atoms with Crippen molar-refractivity contribution in [2.75, 3.05) is 26.2 Å². The SMILES string of the molecule is Cl.O=C(N1CCCNCC1)C1(S(=O)(=O)c2ccc(Cl)cc2)CCCC1. The summed E-state index contributed by atoms with van der Waals surface area (Å²) in [6, 6.07) is 6.15. The van der Waals surface area contributed by atoms with E-state index in [0.717, 1.165) is 25.8 Å². The molecule has 0 aromatic heterocycles. The zero-order valence-electron chi connectivity index (χ0n) is 14.0. The number of carbonyl (C=O) groups is 1. The summed E-state index contributed by atoms with van der Waals surface area (Å²) in [6.45, 7) is 2.75. The van der Waals surface area contributed by atoms with E-state index in [4.69, 9.17) is 11.6 Å². The predicted octanol–water partition coefficient (Wildman–Crippen LogP) is 2.67. The van der Waals surface area contributed by atoms with Crippen molar-refractivity contribution in [3.8, 4) is 0 Å². The van der Waals surface area contributed by atoms with Crippen molar-refractivity contribution in [2.45, 2.75) is 41.7 Å². The first-order valence-corrected chi connectivity index (χ1v) is 10.3. The highest BCUT2D eigenvalue weighted by Crippen LogP contribution is 2.42. The number of rotatable bonds is 3. The van der Waals surface area contributed by atoms with Gasteiger partial charge in [0.15, 0.2) is 14.6 Å². The maximum absolute atomic E-state index is 13.3. The molecule has 0 bridgehead atoms. The fourth-order valence-corrected chi connectivity index (χ4v) is 5.98. The van der Waals surface area contributed by atoms with Crippen LogP contribution in [-0.4, -0.2) is 50.2 Å². The minimum absolute atomic E-state index is 0. The van der Waals surface area contributed by atoms with Crippen molar-refractivity contribution in [3.63, 3.8) is 0 Å². The Kier molecular flexibility index (Phi) is 6.76. The van der Waals surface area contributed by atoms with Crippen molar-refractivity contribution in [1.29, 1.82) is 0 Å². The molecule has 1 N–H and O–H groups in total. The normalized spacial score (nSPS) is 20.6. The van der Waals surface area contributed by atoms with E-state index in [0.29, 0.717) is 37.5 Å². The lowest BCUT2D eigenvalue weighted by Gasteiger charge is -2.33. The fraction of sp³-hybridized carbons (Fsp3) is 0.588. The number of carbonyl (C=O) groups excluding carboxylic acids is 1. The highest BCUT2D eigenvalue weighted by atomic mass is 35.5.